The number of rotatable bonds is 4. The molecule has 23 heavy (non-hydrogen) atoms. The largest absolute Gasteiger partial charge is 0.379 e. The van der Waals surface area contributed by atoms with Crippen molar-refractivity contribution in [3.05, 3.63) is 20.8 Å². The standard InChI is InChI=1S/C16H25BrN4OS/c1-2-18-16(19-10-15-9-13(17)12-23-15)21-4-3-14(11-21)20-5-7-22-8-6-20/h9,12,14H,2-8,10-11H2,1H3,(H,18,19). The van der Waals surface area contributed by atoms with Crippen molar-refractivity contribution >= 4 is 33.2 Å². The summed E-state index contributed by atoms with van der Waals surface area (Å²) in [5, 5.41) is 5.56. The van der Waals surface area contributed by atoms with Crippen molar-refractivity contribution < 1.29 is 4.74 Å². The van der Waals surface area contributed by atoms with E-state index in [0.29, 0.717) is 6.04 Å². The van der Waals surface area contributed by atoms with E-state index in [2.05, 4.69) is 49.4 Å². The van der Waals surface area contributed by atoms with E-state index in [0.717, 1.165) is 62.9 Å². The molecule has 0 spiro atoms. The molecule has 2 aliphatic rings. The molecule has 1 unspecified atom stereocenters. The first-order valence-electron chi connectivity index (χ1n) is 8.34. The van der Waals surface area contributed by atoms with Crippen LogP contribution in [0.15, 0.2) is 20.9 Å². The normalized spacial score (nSPS) is 23.5. The molecule has 1 N–H and O–H groups in total. The Kier molecular flexibility index (Phi) is 6.33. The molecule has 128 valence electrons. The van der Waals surface area contributed by atoms with E-state index < -0.39 is 0 Å². The summed E-state index contributed by atoms with van der Waals surface area (Å²) < 4.78 is 6.61. The first-order valence-corrected chi connectivity index (χ1v) is 10.0. The molecular weight excluding hydrogens is 376 g/mol. The first kappa shape index (κ1) is 17.2. The third kappa shape index (κ3) is 4.68. The lowest BCUT2D eigenvalue weighted by atomic mass is 10.2. The highest BCUT2D eigenvalue weighted by Gasteiger charge is 2.30. The zero-order chi connectivity index (χ0) is 16.1. The Bertz CT molecular complexity index is 530. The third-order valence-electron chi connectivity index (χ3n) is 4.37. The summed E-state index contributed by atoms with van der Waals surface area (Å²) in [5.74, 6) is 1.05. The Morgan fingerprint density at radius 3 is 2.96 bits per heavy atom. The second-order valence-electron chi connectivity index (χ2n) is 5.94. The quantitative estimate of drug-likeness (QED) is 0.621. The summed E-state index contributed by atoms with van der Waals surface area (Å²) in [5.41, 5.74) is 0. The number of nitrogens with one attached hydrogen (secondary N) is 1. The second-order valence-corrected chi connectivity index (χ2v) is 7.85. The van der Waals surface area contributed by atoms with E-state index in [1.165, 1.54) is 11.3 Å². The Morgan fingerprint density at radius 1 is 1.43 bits per heavy atom. The summed E-state index contributed by atoms with van der Waals surface area (Å²) in [4.78, 5) is 11.1. The van der Waals surface area contributed by atoms with Gasteiger partial charge in [-0.15, -0.1) is 11.3 Å². The maximum Gasteiger partial charge on any atom is 0.194 e. The maximum absolute atomic E-state index is 5.47. The number of morpholine rings is 1. The van der Waals surface area contributed by atoms with Crippen LogP contribution in [0.2, 0.25) is 0 Å². The number of nitrogens with zero attached hydrogens (tertiary/aromatic N) is 3. The van der Waals surface area contributed by atoms with Crippen molar-refractivity contribution in [2.45, 2.75) is 25.9 Å². The zero-order valence-corrected chi connectivity index (χ0v) is 16.0. The van der Waals surface area contributed by atoms with Gasteiger partial charge < -0.3 is 15.0 Å². The van der Waals surface area contributed by atoms with Crippen LogP contribution in [0, 0.1) is 0 Å². The minimum absolute atomic E-state index is 0.638. The van der Waals surface area contributed by atoms with Crippen molar-refractivity contribution in [1.29, 1.82) is 0 Å². The minimum atomic E-state index is 0.638. The van der Waals surface area contributed by atoms with Gasteiger partial charge >= 0.3 is 0 Å². The fourth-order valence-corrected chi connectivity index (χ4v) is 4.56. The molecule has 3 rings (SSSR count). The van der Waals surface area contributed by atoms with E-state index in [-0.39, 0.29) is 0 Å². The number of halogens is 1. The smallest absolute Gasteiger partial charge is 0.194 e. The number of thiophene rings is 1. The molecule has 1 aromatic heterocycles. The molecule has 2 aliphatic heterocycles. The molecule has 5 nitrogen and oxygen atoms in total. The lowest BCUT2D eigenvalue weighted by Gasteiger charge is -2.32. The molecule has 7 heteroatoms. The van der Waals surface area contributed by atoms with Gasteiger partial charge in [0.05, 0.1) is 19.8 Å². The SMILES string of the molecule is CCNC(=NCc1cc(Br)cs1)N1CCC(N2CCOCC2)C1. The molecule has 0 bridgehead atoms. The molecule has 2 fully saturated rings. The monoisotopic (exact) mass is 400 g/mol. The van der Waals surface area contributed by atoms with Crippen LogP contribution in [-0.2, 0) is 11.3 Å². The van der Waals surface area contributed by atoms with Crippen LogP contribution in [0.1, 0.15) is 18.2 Å². The van der Waals surface area contributed by atoms with Gasteiger partial charge in [-0.1, -0.05) is 0 Å². The molecule has 0 radical (unpaired) electrons. The van der Waals surface area contributed by atoms with Crippen LogP contribution < -0.4 is 5.32 Å². The predicted octanol–water partition coefficient (Wildman–Crippen LogP) is 2.38. The molecule has 1 atom stereocenters. The number of aliphatic imine (C=N–C) groups is 1. The van der Waals surface area contributed by atoms with Crippen LogP contribution in [0.3, 0.4) is 0 Å². The van der Waals surface area contributed by atoms with Crippen molar-refractivity contribution in [2.75, 3.05) is 45.9 Å². The summed E-state index contributed by atoms with van der Waals surface area (Å²) >= 11 is 5.26. The molecule has 0 amide bonds. The van der Waals surface area contributed by atoms with E-state index in [9.17, 15) is 0 Å². The van der Waals surface area contributed by atoms with Gasteiger partial charge in [-0.05, 0) is 35.3 Å². The number of guanidine groups is 1. The first-order chi connectivity index (χ1) is 11.3. The second kappa shape index (κ2) is 8.46. The van der Waals surface area contributed by atoms with E-state index >= 15 is 0 Å². The fraction of sp³-hybridized carbons (Fsp3) is 0.688. The lowest BCUT2D eigenvalue weighted by molar-refractivity contribution is 0.0195. The van der Waals surface area contributed by atoms with E-state index in [1.54, 1.807) is 11.3 Å². The van der Waals surface area contributed by atoms with Crippen molar-refractivity contribution in [1.82, 2.24) is 15.1 Å². The molecular formula is C16H25BrN4OS. The molecule has 1 aromatic rings. The van der Waals surface area contributed by atoms with Gasteiger partial charge in [0.25, 0.3) is 0 Å². The van der Waals surface area contributed by atoms with Crippen LogP contribution in [0.25, 0.3) is 0 Å². The molecule has 0 aromatic carbocycles. The Balaban J connectivity index is 1.59. The van der Waals surface area contributed by atoms with E-state index in [4.69, 9.17) is 9.73 Å². The van der Waals surface area contributed by atoms with Gasteiger partial charge in [-0.25, -0.2) is 4.99 Å². The van der Waals surface area contributed by atoms with Gasteiger partial charge in [-0.2, -0.15) is 0 Å². The Morgan fingerprint density at radius 2 is 2.26 bits per heavy atom. The van der Waals surface area contributed by atoms with Crippen LogP contribution in [-0.4, -0.2) is 67.7 Å². The molecule has 3 heterocycles. The van der Waals surface area contributed by atoms with Gasteiger partial charge in [0.2, 0.25) is 0 Å². The number of likely N-dealkylation sites (tertiary alicyclic amines) is 1. The maximum atomic E-state index is 5.47. The van der Waals surface area contributed by atoms with E-state index in [1.807, 2.05) is 0 Å². The van der Waals surface area contributed by atoms with Crippen molar-refractivity contribution in [3.8, 4) is 0 Å². The number of ether oxygens (including phenoxy) is 1. The van der Waals surface area contributed by atoms with Crippen LogP contribution in [0.5, 0.6) is 0 Å². The summed E-state index contributed by atoms with van der Waals surface area (Å²) in [7, 11) is 0. The van der Waals surface area contributed by atoms with Gasteiger partial charge in [0.1, 0.15) is 0 Å². The van der Waals surface area contributed by atoms with Gasteiger partial charge in [-0.3, -0.25) is 4.90 Å². The van der Waals surface area contributed by atoms with Gasteiger partial charge in [0, 0.05) is 53.5 Å². The summed E-state index contributed by atoms with van der Waals surface area (Å²) in [6.45, 7) is 9.82. The molecule has 2 saturated heterocycles. The van der Waals surface area contributed by atoms with Gasteiger partial charge in [0.15, 0.2) is 5.96 Å². The lowest BCUT2D eigenvalue weighted by Crippen LogP contribution is -2.46. The van der Waals surface area contributed by atoms with Crippen molar-refractivity contribution in [3.63, 3.8) is 0 Å². The Labute approximate surface area is 150 Å². The Hall–Kier alpha value is -0.630. The average molecular weight is 401 g/mol. The fourth-order valence-electron chi connectivity index (χ4n) is 3.19. The minimum Gasteiger partial charge on any atom is -0.379 e. The third-order valence-corrected chi connectivity index (χ3v) is 6.05. The average Bonchev–Trinajstić information content (AvgIpc) is 3.21. The highest BCUT2D eigenvalue weighted by atomic mass is 79.9. The van der Waals surface area contributed by atoms with Crippen molar-refractivity contribution in [2.24, 2.45) is 4.99 Å². The molecule has 0 aliphatic carbocycles. The number of hydrogen-bond donors (Lipinski definition) is 1. The number of hydrogen-bond acceptors (Lipinski definition) is 4. The van der Waals surface area contributed by atoms with Crippen LogP contribution in [0.4, 0.5) is 0 Å². The summed E-state index contributed by atoms with van der Waals surface area (Å²) in [6, 6.07) is 2.79. The highest BCUT2D eigenvalue weighted by Crippen LogP contribution is 2.21. The summed E-state index contributed by atoms with van der Waals surface area (Å²) in [6.07, 6.45) is 1.22. The van der Waals surface area contributed by atoms with Crippen LogP contribution >= 0.6 is 27.3 Å². The topological polar surface area (TPSA) is 40.1 Å². The predicted molar refractivity (Wildman–Crippen MR) is 99.2 cm³/mol. The highest BCUT2D eigenvalue weighted by molar-refractivity contribution is 9.10. The molecule has 0 saturated carbocycles. The zero-order valence-electron chi connectivity index (χ0n) is 13.6.